The maximum atomic E-state index is 16.3. The van der Waals surface area contributed by atoms with Gasteiger partial charge in [-0.1, -0.05) is 79.5 Å². The number of phenols is 3. The Balaban J connectivity index is 1.000. The van der Waals surface area contributed by atoms with E-state index in [1.165, 1.54) is 57.3 Å². The number of hydrogen-bond acceptors (Lipinski definition) is 28. The summed E-state index contributed by atoms with van der Waals surface area (Å²) in [6.45, 7) is 5.70. The van der Waals surface area contributed by atoms with Gasteiger partial charge in [0, 0.05) is 55.5 Å². The standard InChI is InChI=1S/C84H93Cl2F3N12O25/c1-35(2)21-50(91-5)75(113)98-66-68(108)40-14-19-54(48(85)25-40)121-56-27-42-28-57(72(56)125-82-73(71(111)70(110)58(34-102)123-82)124-61-32-83(4,74(112)36(3)120-61)92-33-38-9-8-10-43(22-38)93-60(107)23-37-11-16-45(17-12-37)126-84(87,88)89)122-55-20-15-41(26-49(55)86)69(109)67-80(118)97-65(81(119)100-101(6)7)47-29-44(103)30-53(105)62(47)46-24-39(13-18-52(46)104)63(77(115)99-67)96-78(116)64(42)95-76(114)51(31-59(90)106)94-79(66)117/h8-20,22,24-30,35-36,50-51,58,61,63-71,73-74,82,91-92,102-105,108-112H,21,23,31-34H2,1-7H3,(H2,90,106)(H,93,107)(H,94,117)(H,95,114)(H,96,116)(H,97,118)(H,98,113)(H,99,115)(H,100,119)/t36?,50?,51?,58?,61?,63?,64?,65-,66?,67?,68?,69?,70?,71?,73?,74?,82?,83-/m1/s1. The van der Waals surface area contributed by atoms with Crippen molar-refractivity contribution < 1.29 is 135 Å². The van der Waals surface area contributed by atoms with Crippen molar-refractivity contribution in [1.29, 1.82) is 0 Å². The third-order valence-corrected chi connectivity index (χ3v) is 22.1. The number of halogens is 5. The van der Waals surface area contributed by atoms with E-state index in [0.717, 1.165) is 78.9 Å². The van der Waals surface area contributed by atoms with Crippen LogP contribution in [0.15, 0.2) is 127 Å². The number of carbonyl (C=O) groups is 9. The molecule has 0 radical (unpaired) electrons. The van der Waals surface area contributed by atoms with Crippen molar-refractivity contribution in [2.24, 2.45) is 11.7 Å². The molecule has 21 N–H and O–H groups in total. The summed E-state index contributed by atoms with van der Waals surface area (Å²) in [5, 5.41) is 131. The molecule has 2 fully saturated rings. The molecular weight excluding hydrogens is 1700 g/mol. The quantitative estimate of drug-likeness (QED) is 0.0458. The van der Waals surface area contributed by atoms with Crippen molar-refractivity contribution in [2.45, 2.75) is 176 Å². The number of aliphatic hydroxyl groups excluding tert-OH is 6. The zero-order valence-corrected chi connectivity index (χ0v) is 69.7. The van der Waals surface area contributed by atoms with E-state index in [1.807, 2.05) is 13.8 Å². The van der Waals surface area contributed by atoms with Crippen LogP contribution in [0, 0.1) is 5.92 Å². The van der Waals surface area contributed by atoms with Crippen LogP contribution in [0.4, 0.5) is 18.9 Å². The van der Waals surface area contributed by atoms with E-state index >= 15 is 24.0 Å². The number of nitrogens with one attached hydrogen (secondary N) is 10. The van der Waals surface area contributed by atoms with E-state index in [9.17, 15) is 78.3 Å². The zero-order chi connectivity index (χ0) is 91.4. The van der Waals surface area contributed by atoms with Gasteiger partial charge < -0.3 is 133 Å². The number of rotatable bonds is 21. The van der Waals surface area contributed by atoms with Gasteiger partial charge in [-0.05, 0) is 151 Å². The van der Waals surface area contributed by atoms with Crippen LogP contribution < -0.4 is 78.0 Å². The molecule has 126 heavy (non-hydrogen) atoms. The third kappa shape index (κ3) is 21.7. The Bertz CT molecular complexity index is 5300. The second-order valence-electron chi connectivity index (χ2n) is 31.6. The average molecular weight is 1800 g/mol. The number of phenolic OH excluding ortho intramolecular Hbond substituents is 3. The number of amides is 9. The van der Waals surface area contributed by atoms with Gasteiger partial charge in [-0.15, -0.1) is 13.2 Å². The number of aromatic hydroxyl groups is 3. The molecule has 11 bridgehead atoms. The normalized spacial score (nSPS) is 26.0. The number of primary amides is 1. The second kappa shape index (κ2) is 39.0. The number of hydrogen-bond donors (Lipinski definition) is 20. The Morgan fingerprint density at radius 3 is 1.95 bits per heavy atom. The lowest BCUT2D eigenvalue weighted by Crippen LogP contribution is -2.65. The Labute approximate surface area is 726 Å². The third-order valence-electron chi connectivity index (χ3n) is 21.5. The largest absolute Gasteiger partial charge is 0.573 e. The molecule has 9 amide bonds. The van der Waals surface area contributed by atoms with Crippen molar-refractivity contribution in [2.75, 3.05) is 33.1 Å². The predicted octanol–water partition coefficient (Wildman–Crippen LogP) is 3.53. The first-order valence-electron chi connectivity index (χ1n) is 39.5. The molecule has 7 aliphatic rings. The lowest BCUT2D eigenvalue weighted by molar-refractivity contribution is -0.334. The molecule has 0 spiro atoms. The Morgan fingerprint density at radius 1 is 0.698 bits per heavy atom. The number of aliphatic hydroxyl groups is 6. The molecule has 7 aromatic rings. The second-order valence-corrected chi connectivity index (χ2v) is 32.4. The first-order chi connectivity index (χ1) is 59.5. The SMILES string of the molecule is CNC(CC(C)C)C(=O)NC1C(=O)NC(CC(N)=O)C(=O)NC2C(=O)NC3C(=O)NC(C(=O)N[C@@H](C(=O)NN(C)C)c4cc(O)cc(O)c4-c4cc3ccc4O)C(O)c3ccc(c(Cl)c3)Oc3cc2cc(c3OC2OC(CO)C(O)C(O)C2OC2C[C@@](C)(NCc3cccc(NC(=O)Cc4ccc(OC(F)(F)F)cc4)c3)C(O)C(C)O2)Oc2ccc(cc2Cl)C1O. The van der Waals surface area contributed by atoms with Gasteiger partial charge in [0.25, 0.3) is 5.91 Å². The van der Waals surface area contributed by atoms with Gasteiger partial charge in [0.15, 0.2) is 23.9 Å². The molecule has 16 unspecified atom stereocenters. The molecular formula is C84H93Cl2F3N12O25. The van der Waals surface area contributed by atoms with Crippen LogP contribution in [0.2, 0.25) is 10.0 Å². The van der Waals surface area contributed by atoms with E-state index in [1.54, 1.807) is 31.2 Å². The number of hydrazine groups is 1. The van der Waals surface area contributed by atoms with E-state index in [2.05, 4.69) is 58.0 Å². The Hall–Kier alpha value is -11.7. The maximum Gasteiger partial charge on any atom is 0.573 e. The van der Waals surface area contributed by atoms with Gasteiger partial charge in [-0.25, -0.2) is 5.01 Å². The van der Waals surface area contributed by atoms with Crippen LogP contribution in [0.25, 0.3) is 11.1 Å². The average Bonchev–Trinajstić information content (AvgIpc) is 0.763. The molecule has 7 aliphatic heterocycles. The lowest BCUT2D eigenvalue weighted by Gasteiger charge is -2.48. The molecule has 7 aromatic carbocycles. The highest BCUT2D eigenvalue weighted by Gasteiger charge is 2.53. The van der Waals surface area contributed by atoms with Crippen molar-refractivity contribution in [3.63, 3.8) is 0 Å². The highest BCUT2D eigenvalue weighted by Crippen LogP contribution is 2.50. The number of ether oxygens (including phenoxy) is 7. The first-order valence-corrected chi connectivity index (χ1v) is 40.2. The van der Waals surface area contributed by atoms with Crippen LogP contribution in [0.5, 0.6) is 51.7 Å². The fraction of sp³-hybridized carbons (Fsp3) is 0.393. The number of carbonyl (C=O) groups excluding carboxylic acids is 9. The number of anilines is 1. The Morgan fingerprint density at radius 2 is 1.33 bits per heavy atom. The predicted molar refractivity (Wildman–Crippen MR) is 438 cm³/mol. The number of likely N-dealkylation sites (N-methyl/N-ethyl adjacent to an activating group) is 1. The molecule has 674 valence electrons. The molecule has 14 rings (SSSR count). The van der Waals surface area contributed by atoms with E-state index in [0.29, 0.717) is 16.8 Å². The van der Waals surface area contributed by atoms with Crippen molar-refractivity contribution >= 4 is 82.1 Å². The van der Waals surface area contributed by atoms with Crippen LogP contribution in [-0.4, -0.2) is 217 Å². The summed E-state index contributed by atoms with van der Waals surface area (Å²) >= 11 is 14.4. The van der Waals surface area contributed by atoms with Crippen molar-refractivity contribution in [1.82, 2.24) is 53.0 Å². The summed E-state index contributed by atoms with van der Waals surface area (Å²) in [5.41, 5.74) is 5.57. The van der Waals surface area contributed by atoms with Gasteiger partial charge in [-0.2, -0.15) is 0 Å². The number of fused-ring (bicyclic) bond motifs is 15. The summed E-state index contributed by atoms with van der Waals surface area (Å²) in [5.74, 6) is -16.3. The van der Waals surface area contributed by atoms with Crippen LogP contribution >= 0.6 is 23.2 Å². The van der Waals surface area contributed by atoms with Crippen LogP contribution in [-0.2, 0) is 70.3 Å². The molecule has 42 heteroatoms. The molecule has 0 aromatic heterocycles. The summed E-state index contributed by atoms with van der Waals surface area (Å²) < 4.78 is 81.9. The van der Waals surface area contributed by atoms with Crippen molar-refractivity contribution in [3.8, 4) is 62.9 Å². The smallest absolute Gasteiger partial charge is 0.508 e. The lowest BCUT2D eigenvalue weighted by atomic mass is 9.84. The number of nitrogens with two attached hydrogens (primary N) is 1. The molecule has 0 aliphatic carbocycles. The van der Waals surface area contributed by atoms with Gasteiger partial charge in [0.05, 0.1) is 47.7 Å². The Kier molecular flexibility index (Phi) is 28.9. The van der Waals surface area contributed by atoms with E-state index in [-0.39, 0.29) is 54.2 Å². The molecule has 0 saturated carbocycles. The van der Waals surface area contributed by atoms with Gasteiger partial charge in [0.1, 0.15) is 101 Å². The highest BCUT2D eigenvalue weighted by atomic mass is 35.5. The molecule has 37 nitrogen and oxygen atoms in total. The minimum atomic E-state index is -4.93. The summed E-state index contributed by atoms with van der Waals surface area (Å²) in [7, 11) is 4.27. The van der Waals surface area contributed by atoms with E-state index < -0.39 is 260 Å². The first kappa shape index (κ1) is 93.4. The van der Waals surface area contributed by atoms with Crippen molar-refractivity contribution in [3.05, 3.63) is 176 Å². The number of benzene rings is 7. The van der Waals surface area contributed by atoms with Gasteiger partial charge >= 0.3 is 6.36 Å². The van der Waals surface area contributed by atoms with Gasteiger partial charge in [0.2, 0.25) is 59.3 Å². The molecule has 2 saturated heterocycles. The minimum absolute atomic E-state index is 0.0103. The number of alkyl halides is 3. The van der Waals surface area contributed by atoms with Crippen LogP contribution in [0.3, 0.4) is 0 Å². The fourth-order valence-corrected chi connectivity index (χ4v) is 15.7. The summed E-state index contributed by atoms with van der Waals surface area (Å²) in [6, 6.07) is 11.0. The molecule has 7 heterocycles. The summed E-state index contributed by atoms with van der Waals surface area (Å²) in [6.07, 6.45) is -24.7. The van der Waals surface area contributed by atoms with E-state index in [4.69, 9.17) is 57.4 Å². The minimum Gasteiger partial charge on any atom is -0.508 e. The van der Waals surface area contributed by atoms with Crippen LogP contribution in [0.1, 0.15) is 116 Å². The molecule has 18 atom stereocenters. The topological polar surface area (TPSA) is 550 Å². The maximum absolute atomic E-state index is 16.3. The monoisotopic (exact) mass is 1800 g/mol. The van der Waals surface area contributed by atoms with Gasteiger partial charge in [-0.3, -0.25) is 48.6 Å². The fourth-order valence-electron chi connectivity index (χ4n) is 15.2. The highest BCUT2D eigenvalue weighted by molar-refractivity contribution is 6.32. The number of nitrogens with zero attached hydrogens (tertiary/aromatic N) is 1. The summed E-state index contributed by atoms with van der Waals surface area (Å²) in [4.78, 5) is 133. The zero-order valence-electron chi connectivity index (χ0n) is 68.2.